The molecule has 0 aromatic heterocycles. The van der Waals surface area contributed by atoms with E-state index in [1.54, 1.807) is 13.2 Å². The third-order valence-electron chi connectivity index (χ3n) is 4.79. The van der Waals surface area contributed by atoms with Crippen LogP contribution in [0, 0.1) is 6.92 Å². The van der Waals surface area contributed by atoms with Gasteiger partial charge in [-0.25, -0.2) is 0 Å². The third-order valence-corrected chi connectivity index (χ3v) is 4.79. The Morgan fingerprint density at radius 2 is 2.11 bits per heavy atom. The van der Waals surface area contributed by atoms with Gasteiger partial charge in [-0.1, -0.05) is 30.3 Å². The summed E-state index contributed by atoms with van der Waals surface area (Å²) >= 11 is 0. The number of carbonyl (C=O) groups is 1. The van der Waals surface area contributed by atoms with E-state index >= 15 is 0 Å². The van der Waals surface area contributed by atoms with Gasteiger partial charge in [0.15, 0.2) is 11.5 Å². The van der Waals surface area contributed by atoms with E-state index in [4.69, 9.17) is 14.2 Å². The Bertz CT molecular complexity index is 825. The number of benzene rings is 2. The van der Waals surface area contributed by atoms with Crippen LogP contribution in [0.3, 0.4) is 0 Å². The van der Waals surface area contributed by atoms with Gasteiger partial charge in [0.25, 0.3) is 0 Å². The number of rotatable bonds is 8. The molecule has 2 aromatic rings. The second-order valence-corrected chi connectivity index (χ2v) is 6.84. The highest BCUT2D eigenvalue weighted by Crippen LogP contribution is 2.29. The maximum Gasteiger partial charge on any atom is 0.244 e. The Morgan fingerprint density at radius 3 is 2.86 bits per heavy atom. The summed E-state index contributed by atoms with van der Waals surface area (Å²) in [6.45, 7) is 3.88. The van der Waals surface area contributed by atoms with Crippen LogP contribution in [0.15, 0.2) is 48.5 Å². The lowest BCUT2D eigenvalue weighted by Gasteiger charge is -2.12. The van der Waals surface area contributed by atoms with Crippen molar-refractivity contribution in [3.8, 4) is 11.5 Å². The molecule has 0 bridgehead atoms. The van der Waals surface area contributed by atoms with Crippen LogP contribution < -0.4 is 14.8 Å². The number of aryl methyl sites for hydroxylation is 1. The van der Waals surface area contributed by atoms with E-state index in [2.05, 4.69) is 18.3 Å². The van der Waals surface area contributed by atoms with E-state index in [1.807, 2.05) is 36.4 Å². The highest BCUT2D eigenvalue weighted by atomic mass is 16.5. The Balaban J connectivity index is 1.57. The van der Waals surface area contributed by atoms with Crippen molar-refractivity contribution < 1.29 is 19.0 Å². The Hall–Kier alpha value is -2.79. The van der Waals surface area contributed by atoms with E-state index in [1.165, 1.54) is 11.6 Å². The number of nitrogens with one attached hydrogen (secondary N) is 1. The molecule has 1 unspecified atom stereocenters. The van der Waals surface area contributed by atoms with Crippen LogP contribution in [0.25, 0.3) is 6.08 Å². The molecule has 1 aliphatic heterocycles. The molecule has 2 aromatic carbocycles. The fourth-order valence-electron chi connectivity index (χ4n) is 3.09. The van der Waals surface area contributed by atoms with Crippen LogP contribution in [0.2, 0.25) is 0 Å². The Morgan fingerprint density at radius 1 is 1.25 bits per heavy atom. The summed E-state index contributed by atoms with van der Waals surface area (Å²) in [6, 6.07) is 13.7. The predicted molar refractivity (Wildman–Crippen MR) is 110 cm³/mol. The van der Waals surface area contributed by atoms with Gasteiger partial charge in [0.05, 0.1) is 13.2 Å². The van der Waals surface area contributed by atoms with Gasteiger partial charge in [0.2, 0.25) is 5.91 Å². The molecule has 1 amide bonds. The summed E-state index contributed by atoms with van der Waals surface area (Å²) in [6.07, 6.45) is 5.50. The molecule has 1 fully saturated rings. The van der Waals surface area contributed by atoms with Crippen LogP contribution in [0.5, 0.6) is 11.5 Å². The largest absolute Gasteiger partial charge is 0.493 e. The fourth-order valence-corrected chi connectivity index (χ4v) is 3.09. The van der Waals surface area contributed by atoms with Crippen molar-refractivity contribution in [2.45, 2.75) is 32.5 Å². The minimum Gasteiger partial charge on any atom is -0.493 e. The number of methoxy groups -OCH3 is 1. The summed E-state index contributed by atoms with van der Waals surface area (Å²) in [5, 5.41) is 2.87. The molecule has 3 rings (SSSR count). The summed E-state index contributed by atoms with van der Waals surface area (Å²) in [5.41, 5.74) is 3.19. The normalized spacial score (nSPS) is 16.3. The lowest BCUT2D eigenvalue weighted by Crippen LogP contribution is -2.30. The molecule has 5 nitrogen and oxygen atoms in total. The Labute approximate surface area is 166 Å². The molecule has 148 valence electrons. The SMILES string of the molecule is COc1cc(/C=C/C(=O)NCC2CCCO2)ccc1OCc1ccccc1C. The zero-order valence-corrected chi connectivity index (χ0v) is 16.4. The standard InChI is InChI=1S/C23H27NO4/c1-17-6-3-4-7-19(17)16-28-21-11-9-18(14-22(21)26-2)10-12-23(25)24-15-20-8-5-13-27-20/h3-4,6-7,9-12,14,20H,5,8,13,15-16H2,1-2H3,(H,24,25)/b12-10+. The second kappa shape index (κ2) is 9.95. The highest BCUT2D eigenvalue weighted by Gasteiger charge is 2.15. The number of hydrogen-bond donors (Lipinski definition) is 1. The van der Waals surface area contributed by atoms with E-state index in [9.17, 15) is 4.79 Å². The van der Waals surface area contributed by atoms with E-state index in [-0.39, 0.29) is 12.0 Å². The summed E-state index contributed by atoms with van der Waals surface area (Å²) in [7, 11) is 1.61. The Kier molecular flexibility index (Phi) is 7.09. The molecule has 1 atom stereocenters. The average Bonchev–Trinajstić information content (AvgIpc) is 3.24. The first kappa shape index (κ1) is 20.0. The fraction of sp³-hybridized carbons (Fsp3) is 0.348. The van der Waals surface area contributed by atoms with Gasteiger partial charge < -0.3 is 19.5 Å². The van der Waals surface area contributed by atoms with Crippen molar-refractivity contribution in [2.75, 3.05) is 20.3 Å². The molecule has 1 aliphatic rings. The first-order chi connectivity index (χ1) is 13.7. The van der Waals surface area contributed by atoms with Gasteiger partial charge in [-0.3, -0.25) is 4.79 Å². The molecule has 0 aliphatic carbocycles. The summed E-state index contributed by atoms with van der Waals surface area (Å²) in [4.78, 5) is 12.0. The maximum absolute atomic E-state index is 12.0. The zero-order chi connectivity index (χ0) is 19.8. The van der Waals surface area contributed by atoms with Crippen molar-refractivity contribution in [1.82, 2.24) is 5.32 Å². The van der Waals surface area contributed by atoms with Crippen LogP contribution in [0.4, 0.5) is 0 Å². The second-order valence-electron chi connectivity index (χ2n) is 6.84. The molecule has 1 heterocycles. The topological polar surface area (TPSA) is 56.8 Å². The molecule has 28 heavy (non-hydrogen) atoms. The lowest BCUT2D eigenvalue weighted by molar-refractivity contribution is -0.116. The number of amides is 1. The van der Waals surface area contributed by atoms with Crippen LogP contribution in [0.1, 0.15) is 29.5 Å². The van der Waals surface area contributed by atoms with Gasteiger partial charge in [-0.2, -0.15) is 0 Å². The molecule has 1 N–H and O–H groups in total. The highest BCUT2D eigenvalue weighted by molar-refractivity contribution is 5.91. The van der Waals surface area contributed by atoms with Crippen LogP contribution >= 0.6 is 0 Å². The smallest absolute Gasteiger partial charge is 0.244 e. The van der Waals surface area contributed by atoms with Crippen molar-refractivity contribution in [1.29, 1.82) is 0 Å². The quantitative estimate of drug-likeness (QED) is 0.705. The zero-order valence-electron chi connectivity index (χ0n) is 16.4. The first-order valence-electron chi connectivity index (χ1n) is 9.58. The van der Waals surface area contributed by atoms with Gasteiger partial charge >= 0.3 is 0 Å². The predicted octanol–water partition coefficient (Wildman–Crippen LogP) is 3.89. The minimum atomic E-state index is -0.130. The molecule has 0 radical (unpaired) electrons. The van der Waals surface area contributed by atoms with E-state index in [0.29, 0.717) is 24.7 Å². The molecule has 5 heteroatoms. The monoisotopic (exact) mass is 381 g/mol. The van der Waals surface area contributed by atoms with Crippen molar-refractivity contribution in [2.24, 2.45) is 0 Å². The molecular formula is C23H27NO4. The van der Waals surface area contributed by atoms with Crippen molar-refractivity contribution in [3.63, 3.8) is 0 Å². The van der Waals surface area contributed by atoms with Crippen molar-refractivity contribution >= 4 is 12.0 Å². The number of carbonyl (C=O) groups excluding carboxylic acids is 1. The third kappa shape index (κ3) is 5.60. The van der Waals surface area contributed by atoms with Crippen molar-refractivity contribution in [3.05, 3.63) is 65.2 Å². The summed E-state index contributed by atoms with van der Waals surface area (Å²) in [5.74, 6) is 1.18. The van der Waals surface area contributed by atoms with E-state index in [0.717, 1.165) is 30.6 Å². The number of hydrogen-bond acceptors (Lipinski definition) is 4. The molecule has 1 saturated heterocycles. The average molecular weight is 381 g/mol. The molecule has 0 saturated carbocycles. The molecular weight excluding hydrogens is 354 g/mol. The van der Waals surface area contributed by atoms with E-state index < -0.39 is 0 Å². The summed E-state index contributed by atoms with van der Waals surface area (Å²) < 4.78 is 16.9. The van der Waals surface area contributed by atoms with Crippen LogP contribution in [-0.2, 0) is 16.1 Å². The van der Waals surface area contributed by atoms with Gasteiger partial charge in [-0.05, 0) is 54.7 Å². The van der Waals surface area contributed by atoms with Crippen LogP contribution in [-0.4, -0.2) is 32.3 Å². The maximum atomic E-state index is 12.0. The minimum absolute atomic E-state index is 0.130. The van der Waals surface area contributed by atoms with Gasteiger partial charge in [0, 0.05) is 19.2 Å². The lowest BCUT2D eigenvalue weighted by atomic mass is 10.1. The number of ether oxygens (including phenoxy) is 3. The first-order valence-corrected chi connectivity index (χ1v) is 9.58. The van der Waals surface area contributed by atoms with Gasteiger partial charge in [0.1, 0.15) is 6.61 Å². The van der Waals surface area contributed by atoms with Gasteiger partial charge in [-0.15, -0.1) is 0 Å². The molecule has 0 spiro atoms.